The van der Waals surface area contributed by atoms with E-state index in [1.165, 1.54) is 0 Å². The van der Waals surface area contributed by atoms with Crippen molar-refractivity contribution in [3.05, 3.63) is 0 Å². The lowest BCUT2D eigenvalue weighted by Crippen LogP contribution is -3.00. The van der Waals surface area contributed by atoms with Gasteiger partial charge in [-0.25, -0.2) is 0 Å². The maximum absolute atomic E-state index is 8.03. The van der Waals surface area contributed by atoms with Crippen LogP contribution in [0.4, 0.5) is 0 Å². The van der Waals surface area contributed by atoms with Crippen LogP contribution in [-0.2, 0) is 0 Å². The van der Waals surface area contributed by atoms with E-state index >= 15 is 0 Å². The van der Waals surface area contributed by atoms with Crippen LogP contribution in [0.5, 0.6) is 0 Å². The largest absolute Gasteiger partial charge is 1.00 e. The van der Waals surface area contributed by atoms with E-state index in [2.05, 4.69) is 5.73 Å². The predicted octanol–water partition coefficient (Wildman–Crippen LogP) is -7.38. The Hall–Kier alpha value is 0.500. The topological polar surface area (TPSA) is 47.9 Å². The summed E-state index contributed by atoms with van der Waals surface area (Å²) in [5.74, 6) is 0. The molecule has 4 N–H and O–H groups in total. The molecule has 0 fully saturated rings. The third-order valence-electron chi connectivity index (χ3n) is 0.408. The first-order valence-corrected chi connectivity index (χ1v) is 1.82. The maximum atomic E-state index is 8.03. The first-order chi connectivity index (χ1) is 2.41. The minimum atomic E-state index is 0. The molecule has 0 saturated carbocycles. The zero-order valence-corrected chi connectivity index (χ0v) is 5.54. The Morgan fingerprint density at radius 2 is 1.71 bits per heavy atom. The smallest absolute Gasteiger partial charge is 0.0762 e. The Labute approximate surface area is 55.9 Å². The van der Waals surface area contributed by atoms with Crippen molar-refractivity contribution in [2.24, 2.45) is 0 Å². The molecule has 0 amide bonds. The van der Waals surface area contributed by atoms with E-state index in [1.807, 2.05) is 0 Å². The highest BCUT2D eigenvalue weighted by atomic mass is 35.5. The van der Waals surface area contributed by atoms with Crippen molar-refractivity contribution in [1.82, 2.24) is 0 Å². The quantitative estimate of drug-likeness (QED) is 0.400. The van der Waals surface area contributed by atoms with Crippen LogP contribution in [-0.4, -0.2) is 18.3 Å². The fourth-order valence-corrected chi connectivity index (χ4v) is 0.112. The molecule has 0 spiro atoms. The van der Waals surface area contributed by atoms with Gasteiger partial charge < -0.3 is 35.7 Å². The fraction of sp³-hybridized carbons (Fsp3) is 1.00. The van der Waals surface area contributed by atoms with Crippen LogP contribution in [0, 0.1) is 0 Å². The summed E-state index contributed by atoms with van der Waals surface area (Å²) in [6.45, 7) is 1.12. The van der Waals surface area contributed by atoms with E-state index in [-0.39, 0.29) is 31.4 Å². The summed E-state index contributed by atoms with van der Waals surface area (Å²) in [6, 6.07) is 0. The van der Waals surface area contributed by atoms with Gasteiger partial charge in [0.2, 0.25) is 0 Å². The summed E-state index contributed by atoms with van der Waals surface area (Å²) >= 11 is 0. The first-order valence-electron chi connectivity index (χ1n) is 1.82. The molecule has 4 heteroatoms. The number of hydrogen-bond donors (Lipinski definition) is 2. The second-order valence-electron chi connectivity index (χ2n) is 0.931. The van der Waals surface area contributed by atoms with Gasteiger partial charge in [0, 0.05) is 13.0 Å². The standard InChI is InChI=1S/C3H9NO.2ClH/c4-2-1-3-5;;/h5H,1-4H2;2*1H/p-1. The van der Waals surface area contributed by atoms with Gasteiger partial charge in [-0.2, -0.15) is 0 Å². The normalized spacial score (nSPS) is 6.00. The first kappa shape index (κ1) is 15.6. The van der Waals surface area contributed by atoms with E-state index in [0.717, 1.165) is 13.0 Å². The molecule has 0 aromatic heterocycles. The van der Waals surface area contributed by atoms with E-state index in [1.54, 1.807) is 0 Å². The van der Waals surface area contributed by atoms with E-state index in [9.17, 15) is 0 Å². The van der Waals surface area contributed by atoms with Crippen LogP contribution in [0.25, 0.3) is 0 Å². The maximum Gasteiger partial charge on any atom is 0.0762 e. The molecular weight excluding hydrogens is 137 g/mol. The number of hydrogen-bond acceptors (Lipinski definition) is 1. The summed E-state index contributed by atoms with van der Waals surface area (Å²) in [7, 11) is 0. The average Bonchev–Trinajstić information content (AvgIpc) is 1.41. The number of quaternary nitrogens is 1. The molecule has 7 heavy (non-hydrogen) atoms. The monoisotopic (exact) mass is 146 g/mol. The summed E-state index contributed by atoms with van der Waals surface area (Å²) < 4.78 is 0. The molecule has 0 aromatic carbocycles. The van der Waals surface area contributed by atoms with Gasteiger partial charge in [-0.15, -0.1) is 0 Å². The van der Waals surface area contributed by atoms with Crippen molar-refractivity contribution in [2.45, 2.75) is 6.42 Å². The molecule has 0 aliphatic carbocycles. The molecule has 0 heterocycles. The Balaban J connectivity index is -0.0000000800. The lowest BCUT2D eigenvalue weighted by molar-refractivity contribution is -0.369. The van der Waals surface area contributed by atoms with Crippen molar-refractivity contribution in [3.63, 3.8) is 0 Å². The lowest BCUT2D eigenvalue weighted by Gasteiger charge is -1.77. The van der Waals surface area contributed by atoms with Crippen LogP contribution < -0.4 is 30.5 Å². The molecule has 0 atom stereocenters. The average molecular weight is 147 g/mol. The van der Waals surface area contributed by atoms with E-state index < -0.39 is 0 Å². The van der Waals surface area contributed by atoms with Crippen molar-refractivity contribution >= 4 is 0 Å². The molecule has 0 aliphatic rings. The molecule has 0 radical (unpaired) electrons. The third-order valence-corrected chi connectivity index (χ3v) is 0.408. The third kappa shape index (κ3) is 21.1. The van der Waals surface area contributed by atoms with Gasteiger partial charge >= 0.3 is 0 Å². The van der Waals surface area contributed by atoms with Crippen molar-refractivity contribution < 1.29 is 35.7 Å². The Bertz CT molecular complexity index is 20.4. The van der Waals surface area contributed by atoms with Crippen LogP contribution in [0.1, 0.15) is 6.42 Å². The summed E-state index contributed by atoms with van der Waals surface area (Å²) in [5.41, 5.74) is 3.52. The van der Waals surface area contributed by atoms with Crippen LogP contribution in [0.2, 0.25) is 0 Å². The predicted molar refractivity (Wildman–Crippen MR) is 19.5 cm³/mol. The second-order valence-corrected chi connectivity index (χ2v) is 0.931. The number of rotatable bonds is 2. The SMILES string of the molecule is [Cl-].[Cl-].[NH3+]CCCO. The molecule has 0 saturated heterocycles. The van der Waals surface area contributed by atoms with E-state index in [0.29, 0.717) is 0 Å². The molecule has 48 valence electrons. The molecular formula is C3H10Cl2NO-. The van der Waals surface area contributed by atoms with Crippen LogP contribution in [0.15, 0.2) is 0 Å². The number of aliphatic hydroxyl groups excluding tert-OH is 1. The highest BCUT2D eigenvalue weighted by Crippen LogP contribution is 1.60. The minimum absolute atomic E-state index is 0. The van der Waals surface area contributed by atoms with Gasteiger partial charge in [-0.3, -0.25) is 0 Å². The van der Waals surface area contributed by atoms with Gasteiger partial charge in [-0.1, -0.05) is 0 Å². The zero-order valence-electron chi connectivity index (χ0n) is 4.03. The summed E-state index contributed by atoms with van der Waals surface area (Å²) in [4.78, 5) is 0. The minimum Gasteiger partial charge on any atom is -1.00 e. The lowest BCUT2D eigenvalue weighted by atomic mass is 10.5. The van der Waals surface area contributed by atoms with E-state index in [4.69, 9.17) is 5.11 Å². The summed E-state index contributed by atoms with van der Waals surface area (Å²) in [6.07, 6.45) is 0.833. The molecule has 0 unspecified atom stereocenters. The van der Waals surface area contributed by atoms with Crippen LogP contribution >= 0.6 is 0 Å². The molecule has 0 aliphatic heterocycles. The highest BCUT2D eigenvalue weighted by molar-refractivity contribution is 4.20. The van der Waals surface area contributed by atoms with Crippen molar-refractivity contribution in [2.75, 3.05) is 13.2 Å². The molecule has 0 bridgehead atoms. The molecule has 0 aromatic rings. The Kier molecular flexibility index (Phi) is 35.9. The Morgan fingerprint density at radius 3 is 1.71 bits per heavy atom. The number of halogens is 2. The van der Waals surface area contributed by atoms with Gasteiger partial charge in [-0.05, 0) is 0 Å². The van der Waals surface area contributed by atoms with Crippen LogP contribution in [0.3, 0.4) is 0 Å². The number of aliphatic hydroxyl groups is 1. The van der Waals surface area contributed by atoms with Gasteiger partial charge in [0.1, 0.15) is 0 Å². The summed E-state index contributed by atoms with van der Waals surface area (Å²) in [5, 5.41) is 8.03. The zero-order chi connectivity index (χ0) is 4.12. The van der Waals surface area contributed by atoms with Crippen molar-refractivity contribution in [1.29, 1.82) is 0 Å². The highest BCUT2D eigenvalue weighted by Gasteiger charge is 1.72. The molecule has 2 nitrogen and oxygen atoms in total. The fourth-order valence-electron chi connectivity index (χ4n) is 0.112. The van der Waals surface area contributed by atoms with Gasteiger partial charge in [0.05, 0.1) is 6.54 Å². The van der Waals surface area contributed by atoms with Gasteiger partial charge in [0.15, 0.2) is 0 Å². The van der Waals surface area contributed by atoms with Crippen molar-refractivity contribution in [3.8, 4) is 0 Å². The second kappa shape index (κ2) is 16.1. The van der Waals surface area contributed by atoms with Gasteiger partial charge in [0.25, 0.3) is 0 Å². The molecule has 0 rings (SSSR count). The Morgan fingerprint density at radius 1 is 1.29 bits per heavy atom.